The second-order valence-electron chi connectivity index (χ2n) is 6.60. The molecule has 1 heterocycles. The van der Waals surface area contributed by atoms with E-state index in [1.54, 1.807) is 12.1 Å². The van der Waals surface area contributed by atoms with E-state index in [-0.39, 0.29) is 12.4 Å². The van der Waals surface area contributed by atoms with Crippen LogP contribution in [0.5, 0.6) is 5.75 Å². The van der Waals surface area contributed by atoms with Crippen LogP contribution in [-0.2, 0) is 28.5 Å². The van der Waals surface area contributed by atoms with Crippen LogP contribution in [0.15, 0.2) is 48.5 Å². The summed E-state index contributed by atoms with van der Waals surface area (Å²) in [6, 6.07) is 12.2. The molecule has 1 aromatic heterocycles. The van der Waals surface area contributed by atoms with E-state index >= 15 is 0 Å². The summed E-state index contributed by atoms with van der Waals surface area (Å²) in [6.07, 6.45) is -3.51. The summed E-state index contributed by atoms with van der Waals surface area (Å²) < 4.78 is 48.5. The lowest BCUT2D eigenvalue weighted by Gasteiger charge is -2.07. The monoisotopic (exact) mass is 435 g/mol. The van der Waals surface area contributed by atoms with E-state index in [2.05, 4.69) is 9.72 Å². The summed E-state index contributed by atoms with van der Waals surface area (Å²) in [5, 5.41) is 0.684. The predicted octanol–water partition coefficient (Wildman–Crippen LogP) is 5.47. The number of thiazole rings is 1. The Balaban J connectivity index is 1.58. The molecule has 0 bridgehead atoms. The number of rotatable bonds is 7. The Morgan fingerprint density at radius 1 is 1.07 bits per heavy atom. The molecular weight excluding hydrogens is 415 g/mol. The molecular formula is C22H20F3NO3S. The van der Waals surface area contributed by atoms with E-state index in [0.717, 1.165) is 28.3 Å². The van der Waals surface area contributed by atoms with Gasteiger partial charge in [0.1, 0.15) is 10.8 Å². The fraction of sp³-hybridized carbons (Fsp3) is 0.273. The summed E-state index contributed by atoms with van der Waals surface area (Å²) in [6.45, 7) is 2.31. The second kappa shape index (κ2) is 9.30. The lowest BCUT2D eigenvalue weighted by atomic mass is 10.1. The number of alkyl halides is 3. The van der Waals surface area contributed by atoms with Gasteiger partial charge in [-0.05, 0) is 36.8 Å². The van der Waals surface area contributed by atoms with Gasteiger partial charge in [0.25, 0.3) is 0 Å². The molecule has 158 valence electrons. The fourth-order valence-electron chi connectivity index (χ4n) is 2.79. The van der Waals surface area contributed by atoms with Crippen molar-refractivity contribution in [3.8, 4) is 16.3 Å². The maximum atomic E-state index is 12.7. The fourth-order valence-corrected chi connectivity index (χ4v) is 3.84. The van der Waals surface area contributed by atoms with Crippen LogP contribution >= 0.6 is 11.3 Å². The van der Waals surface area contributed by atoms with Crippen molar-refractivity contribution < 1.29 is 27.4 Å². The average molecular weight is 435 g/mol. The third-order valence-electron chi connectivity index (χ3n) is 4.45. The van der Waals surface area contributed by atoms with Crippen molar-refractivity contribution in [3.63, 3.8) is 0 Å². The summed E-state index contributed by atoms with van der Waals surface area (Å²) in [4.78, 5) is 16.8. The largest absolute Gasteiger partial charge is 0.493 e. The zero-order chi connectivity index (χ0) is 21.7. The van der Waals surface area contributed by atoms with Crippen molar-refractivity contribution in [2.75, 3.05) is 13.7 Å². The summed E-state index contributed by atoms with van der Waals surface area (Å²) in [5.41, 5.74) is 1.66. The van der Waals surface area contributed by atoms with Crippen molar-refractivity contribution in [2.24, 2.45) is 0 Å². The number of carbonyl (C=O) groups is 1. The van der Waals surface area contributed by atoms with Crippen molar-refractivity contribution in [1.29, 1.82) is 0 Å². The minimum Gasteiger partial charge on any atom is -0.493 e. The SMILES string of the molecule is COC(=O)Cc1ccc(OCCc2sc(-c3ccc(C(F)(F)F)cc3)nc2C)cc1. The first-order chi connectivity index (χ1) is 14.3. The lowest BCUT2D eigenvalue weighted by Crippen LogP contribution is -2.04. The molecule has 0 spiro atoms. The summed E-state index contributed by atoms with van der Waals surface area (Å²) >= 11 is 1.45. The average Bonchev–Trinajstić information content (AvgIpc) is 3.09. The molecule has 0 unspecified atom stereocenters. The van der Waals surface area contributed by atoms with Crippen LogP contribution in [-0.4, -0.2) is 24.7 Å². The molecule has 0 aliphatic rings. The van der Waals surface area contributed by atoms with Gasteiger partial charge in [0.05, 0.1) is 31.4 Å². The zero-order valence-electron chi connectivity index (χ0n) is 16.5. The van der Waals surface area contributed by atoms with Gasteiger partial charge >= 0.3 is 12.1 Å². The Labute approximate surface area is 176 Å². The van der Waals surface area contributed by atoms with Crippen molar-refractivity contribution in [1.82, 2.24) is 4.98 Å². The van der Waals surface area contributed by atoms with E-state index in [1.165, 1.54) is 30.6 Å². The molecule has 0 radical (unpaired) electrons. The number of esters is 1. The highest BCUT2D eigenvalue weighted by atomic mass is 32.1. The van der Waals surface area contributed by atoms with Crippen LogP contribution in [0.4, 0.5) is 13.2 Å². The molecule has 8 heteroatoms. The van der Waals surface area contributed by atoms with Gasteiger partial charge in [-0.1, -0.05) is 24.3 Å². The first-order valence-corrected chi connectivity index (χ1v) is 10.0. The molecule has 30 heavy (non-hydrogen) atoms. The molecule has 0 fully saturated rings. The third-order valence-corrected chi connectivity index (χ3v) is 5.72. The van der Waals surface area contributed by atoms with E-state index in [4.69, 9.17) is 4.74 Å². The Morgan fingerprint density at radius 3 is 2.33 bits per heavy atom. The van der Waals surface area contributed by atoms with Gasteiger partial charge in [-0.2, -0.15) is 13.2 Å². The van der Waals surface area contributed by atoms with Crippen LogP contribution in [0.2, 0.25) is 0 Å². The van der Waals surface area contributed by atoms with Gasteiger partial charge in [0.2, 0.25) is 0 Å². The number of aromatic nitrogens is 1. The topological polar surface area (TPSA) is 48.4 Å². The number of hydrogen-bond donors (Lipinski definition) is 0. The van der Waals surface area contributed by atoms with Crippen LogP contribution in [0, 0.1) is 6.92 Å². The number of nitrogens with zero attached hydrogens (tertiary/aromatic N) is 1. The quantitative estimate of drug-likeness (QED) is 0.462. The highest BCUT2D eigenvalue weighted by molar-refractivity contribution is 7.15. The van der Waals surface area contributed by atoms with Crippen LogP contribution in [0.25, 0.3) is 10.6 Å². The Bertz CT molecular complexity index is 996. The van der Waals surface area contributed by atoms with Crippen molar-refractivity contribution >= 4 is 17.3 Å². The van der Waals surface area contributed by atoms with Gasteiger partial charge in [-0.25, -0.2) is 4.98 Å². The number of carbonyl (C=O) groups excluding carboxylic acids is 1. The van der Waals surface area contributed by atoms with Gasteiger partial charge in [-0.15, -0.1) is 11.3 Å². The summed E-state index contributed by atoms with van der Waals surface area (Å²) in [7, 11) is 1.35. The second-order valence-corrected chi connectivity index (χ2v) is 7.68. The maximum Gasteiger partial charge on any atom is 0.416 e. The Hall–Kier alpha value is -2.87. The Kier molecular flexibility index (Phi) is 6.77. The highest BCUT2D eigenvalue weighted by Gasteiger charge is 2.30. The first-order valence-electron chi connectivity index (χ1n) is 9.19. The minimum absolute atomic E-state index is 0.212. The smallest absolute Gasteiger partial charge is 0.416 e. The van der Waals surface area contributed by atoms with E-state index in [0.29, 0.717) is 29.3 Å². The molecule has 4 nitrogen and oxygen atoms in total. The number of ether oxygens (including phenoxy) is 2. The van der Waals surface area contributed by atoms with Crippen LogP contribution < -0.4 is 4.74 Å². The number of halogens is 3. The number of benzene rings is 2. The highest BCUT2D eigenvalue weighted by Crippen LogP contribution is 2.33. The molecule has 0 amide bonds. The van der Waals surface area contributed by atoms with Crippen LogP contribution in [0.3, 0.4) is 0 Å². The third kappa shape index (κ3) is 5.60. The van der Waals surface area contributed by atoms with Gasteiger partial charge < -0.3 is 9.47 Å². The molecule has 3 rings (SSSR count). The van der Waals surface area contributed by atoms with Crippen LogP contribution in [0.1, 0.15) is 21.7 Å². The molecule has 2 aromatic carbocycles. The molecule has 0 aliphatic carbocycles. The van der Waals surface area contributed by atoms with E-state index in [9.17, 15) is 18.0 Å². The van der Waals surface area contributed by atoms with Crippen molar-refractivity contribution in [2.45, 2.75) is 25.9 Å². The molecule has 0 N–H and O–H groups in total. The number of hydrogen-bond acceptors (Lipinski definition) is 5. The first kappa shape index (κ1) is 21.8. The molecule has 0 atom stereocenters. The Morgan fingerprint density at radius 2 is 1.73 bits per heavy atom. The zero-order valence-corrected chi connectivity index (χ0v) is 17.3. The minimum atomic E-state index is -4.35. The number of aryl methyl sites for hydroxylation is 1. The number of methoxy groups -OCH3 is 1. The molecule has 0 saturated heterocycles. The lowest BCUT2D eigenvalue weighted by molar-refractivity contribution is -0.140. The van der Waals surface area contributed by atoms with E-state index in [1.807, 2.05) is 19.1 Å². The standard InChI is InChI=1S/C22H20F3NO3S/c1-14-19(11-12-29-18-9-3-15(4-10-18)13-20(27)28-2)30-21(26-14)16-5-7-17(8-6-16)22(23,24)25/h3-10H,11-13H2,1-2H3. The predicted molar refractivity (Wildman–Crippen MR) is 109 cm³/mol. The molecule has 0 aliphatic heterocycles. The van der Waals surface area contributed by atoms with E-state index < -0.39 is 11.7 Å². The van der Waals surface area contributed by atoms with Gasteiger partial charge in [0, 0.05) is 16.9 Å². The molecule has 3 aromatic rings. The van der Waals surface area contributed by atoms with Crippen molar-refractivity contribution in [3.05, 3.63) is 70.2 Å². The summed E-state index contributed by atoms with van der Waals surface area (Å²) in [5.74, 6) is 0.391. The normalized spacial score (nSPS) is 11.4. The van der Waals surface area contributed by atoms with Gasteiger partial charge in [-0.3, -0.25) is 4.79 Å². The maximum absolute atomic E-state index is 12.7. The van der Waals surface area contributed by atoms with Gasteiger partial charge in [0.15, 0.2) is 0 Å². The molecule has 0 saturated carbocycles.